The van der Waals surface area contributed by atoms with Crippen molar-refractivity contribution in [2.75, 3.05) is 6.54 Å². The number of carbonyl (C=O) groups is 3. The van der Waals surface area contributed by atoms with Gasteiger partial charge in [0.15, 0.2) is 5.78 Å². The summed E-state index contributed by atoms with van der Waals surface area (Å²) in [4.78, 5) is 41.0. The molecule has 8 heteroatoms. The van der Waals surface area contributed by atoms with E-state index in [0.717, 1.165) is 10.5 Å². The molecule has 184 valence electrons. The molecule has 0 bridgehead atoms. The van der Waals surface area contributed by atoms with Crippen LogP contribution < -0.4 is 5.32 Å². The number of halogens is 3. The van der Waals surface area contributed by atoms with Gasteiger partial charge in [-0.1, -0.05) is 62.4 Å². The SMILES string of the molecule is Cc1ccccc1C(=O)N[C@]1(C(F)(F)F)C(=O)N(CCc2ccccc2)C2=C1C(=O)CC(C)(C)C2. The molecule has 4 rings (SSSR count). The van der Waals surface area contributed by atoms with Crippen molar-refractivity contribution in [2.45, 2.75) is 51.7 Å². The molecule has 0 spiro atoms. The van der Waals surface area contributed by atoms with E-state index < -0.39 is 40.3 Å². The van der Waals surface area contributed by atoms with Crippen molar-refractivity contribution in [3.63, 3.8) is 0 Å². The van der Waals surface area contributed by atoms with Crippen molar-refractivity contribution < 1.29 is 27.6 Å². The third-order valence-corrected chi connectivity index (χ3v) is 6.70. The van der Waals surface area contributed by atoms with Crippen LogP contribution in [0.5, 0.6) is 0 Å². The first-order valence-electron chi connectivity index (χ1n) is 11.4. The Bertz CT molecular complexity index is 1220. The maximum Gasteiger partial charge on any atom is 0.425 e. The van der Waals surface area contributed by atoms with Crippen molar-refractivity contribution in [3.05, 3.63) is 82.6 Å². The Morgan fingerprint density at radius 1 is 1.00 bits per heavy atom. The van der Waals surface area contributed by atoms with Crippen LogP contribution in [-0.4, -0.2) is 40.8 Å². The molecule has 2 aromatic rings. The van der Waals surface area contributed by atoms with Gasteiger partial charge in [0.1, 0.15) is 0 Å². The Kier molecular flexibility index (Phi) is 6.11. The Balaban J connectivity index is 1.82. The van der Waals surface area contributed by atoms with Crippen LogP contribution in [0, 0.1) is 12.3 Å². The molecule has 0 saturated heterocycles. The molecule has 0 radical (unpaired) electrons. The number of Topliss-reactive ketones (excluding diaryl/α,β-unsaturated/α-hetero) is 1. The highest BCUT2D eigenvalue weighted by Gasteiger charge is 2.71. The molecule has 1 N–H and O–H groups in total. The number of allylic oxidation sites excluding steroid dienone is 1. The number of rotatable bonds is 5. The fourth-order valence-electron chi connectivity index (χ4n) is 5.01. The van der Waals surface area contributed by atoms with Gasteiger partial charge >= 0.3 is 6.18 Å². The molecule has 2 aliphatic rings. The van der Waals surface area contributed by atoms with Crippen LogP contribution in [0.25, 0.3) is 0 Å². The van der Waals surface area contributed by atoms with Gasteiger partial charge in [0.25, 0.3) is 11.8 Å². The summed E-state index contributed by atoms with van der Waals surface area (Å²) in [6.07, 6.45) is -4.95. The maximum absolute atomic E-state index is 14.9. The Hall–Kier alpha value is -3.42. The Morgan fingerprint density at radius 2 is 1.63 bits per heavy atom. The van der Waals surface area contributed by atoms with Gasteiger partial charge in [-0.05, 0) is 42.4 Å². The van der Waals surface area contributed by atoms with Crippen molar-refractivity contribution >= 4 is 17.6 Å². The number of benzene rings is 2. The zero-order valence-corrected chi connectivity index (χ0v) is 19.8. The molecule has 35 heavy (non-hydrogen) atoms. The van der Waals surface area contributed by atoms with Gasteiger partial charge < -0.3 is 10.2 Å². The first-order valence-corrected chi connectivity index (χ1v) is 11.4. The van der Waals surface area contributed by atoms with Gasteiger partial charge in [-0.15, -0.1) is 0 Å². The van der Waals surface area contributed by atoms with E-state index in [1.807, 2.05) is 35.6 Å². The van der Waals surface area contributed by atoms with Crippen molar-refractivity contribution in [1.82, 2.24) is 10.2 Å². The molecule has 0 unspecified atom stereocenters. The van der Waals surface area contributed by atoms with E-state index in [2.05, 4.69) is 0 Å². The zero-order valence-electron chi connectivity index (χ0n) is 19.8. The molecule has 1 aliphatic heterocycles. The molecule has 2 aromatic carbocycles. The number of amides is 2. The number of hydrogen-bond acceptors (Lipinski definition) is 3. The third kappa shape index (κ3) is 4.26. The monoisotopic (exact) mass is 484 g/mol. The summed E-state index contributed by atoms with van der Waals surface area (Å²) in [6.45, 7) is 5.13. The maximum atomic E-state index is 14.9. The van der Waals surface area contributed by atoms with E-state index in [-0.39, 0.29) is 30.6 Å². The first kappa shape index (κ1) is 24.7. The highest BCUT2D eigenvalue weighted by atomic mass is 19.4. The summed E-state index contributed by atoms with van der Waals surface area (Å²) in [7, 11) is 0. The van der Waals surface area contributed by atoms with Crippen molar-refractivity contribution in [1.29, 1.82) is 0 Å². The number of nitrogens with zero attached hydrogens (tertiary/aromatic N) is 1. The number of aryl methyl sites for hydroxylation is 1. The van der Waals surface area contributed by atoms with Crippen molar-refractivity contribution in [3.8, 4) is 0 Å². The lowest BCUT2D eigenvalue weighted by Gasteiger charge is -2.35. The second-order valence-electron chi connectivity index (χ2n) is 9.97. The van der Waals surface area contributed by atoms with Crippen LogP contribution in [0.15, 0.2) is 65.9 Å². The van der Waals surface area contributed by atoms with Crippen LogP contribution in [0.2, 0.25) is 0 Å². The van der Waals surface area contributed by atoms with Crippen LogP contribution in [0.4, 0.5) is 13.2 Å². The summed E-state index contributed by atoms with van der Waals surface area (Å²) in [5.74, 6) is -3.16. The molecule has 0 saturated carbocycles. The van der Waals surface area contributed by atoms with Gasteiger partial charge in [-0.3, -0.25) is 14.4 Å². The summed E-state index contributed by atoms with van der Waals surface area (Å²) in [5, 5.41) is 1.99. The average molecular weight is 485 g/mol. The van der Waals surface area contributed by atoms with E-state index in [1.165, 1.54) is 12.1 Å². The lowest BCUT2D eigenvalue weighted by molar-refractivity contribution is -0.190. The van der Waals surface area contributed by atoms with Gasteiger partial charge in [0.05, 0.1) is 5.57 Å². The first-order chi connectivity index (χ1) is 16.4. The van der Waals surface area contributed by atoms with Crippen LogP contribution >= 0.6 is 0 Å². The number of alkyl halides is 3. The highest BCUT2D eigenvalue weighted by Crippen LogP contribution is 2.51. The standard InChI is InChI=1S/C27H27F3N2O3/c1-17-9-7-8-12-19(17)23(34)31-26(27(28,29)30)22-20(15-25(2,3)16-21(22)33)32(24(26)35)14-13-18-10-5-4-6-11-18/h4-12H,13-16H2,1-3H3,(H,31,34)/t26-/m0/s1. The predicted octanol–water partition coefficient (Wildman–Crippen LogP) is 4.75. The average Bonchev–Trinajstić information content (AvgIpc) is 3.00. The fourth-order valence-corrected chi connectivity index (χ4v) is 5.01. The molecule has 2 amide bonds. The zero-order chi connectivity index (χ0) is 25.6. The molecular weight excluding hydrogens is 457 g/mol. The van der Waals surface area contributed by atoms with E-state index >= 15 is 0 Å². The molecule has 1 aliphatic carbocycles. The highest BCUT2D eigenvalue weighted by molar-refractivity contribution is 6.14. The van der Waals surface area contributed by atoms with E-state index in [4.69, 9.17) is 0 Å². The van der Waals surface area contributed by atoms with E-state index in [0.29, 0.717) is 12.0 Å². The fraction of sp³-hybridized carbons (Fsp3) is 0.370. The summed E-state index contributed by atoms with van der Waals surface area (Å²) >= 11 is 0. The summed E-state index contributed by atoms with van der Waals surface area (Å²) in [5.41, 5.74) is -3.33. The van der Waals surface area contributed by atoms with E-state index in [9.17, 15) is 27.6 Å². The van der Waals surface area contributed by atoms with Gasteiger partial charge in [0, 0.05) is 24.2 Å². The van der Waals surface area contributed by atoms with Crippen molar-refractivity contribution in [2.24, 2.45) is 5.41 Å². The summed E-state index contributed by atoms with van der Waals surface area (Å²) in [6, 6.07) is 15.3. The number of carbonyl (C=O) groups excluding carboxylic acids is 3. The van der Waals surface area contributed by atoms with Crippen LogP contribution in [0.1, 0.15) is 48.2 Å². The van der Waals surface area contributed by atoms with Crippen LogP contribution in [0.3, 0.4) is 0 Å². The summed E-state index contributed by atoms with van der Waals surface area (Å²) < 4.78 is 44.6. The predicted molar refractivity (Wildman–Crippen MR) is 124 cm³/mol. The molecular formula is C27H27F3N2O3. The minimum absolute atomic E-state index is 0.0115. The van der Waals surface area contributed by atoms with Crippen LogP contribution in [-0.2, 0) is 16.0 Å². The number of nitrogens with one attached hydrogen (secondary N) is 1. The topological polar surface area (TPSA) is 66.5 Å². The smallest absolute Gasteiger partial charge is 0.326 e. The number of ketones is 1. The quantitative estimate of drug-likeness (QED) is 0.666. The van der Waals surface area contributed by atoms with Gasteiger partial charge in [-0.2, -0.15) is 13.2 Å². The molecule has 5 nitrogen and oxygen atoms in total. The normalized spacial score (nSPS) is 21.8. The second-order valence-corrected chi connectivity index (χ2v) is 9.97. The van der Waals surface area contributed by atoms with E-state index in [1.54, 1.807) is 32.9 Å². The minimum atomic E-state index is -5.22. The lowest BCUT2D eigenvalue weighted by Crippen LogP contribution is -2.66. The Labute approximate surface area is 202 Å². The molecule has 1 heterocycles. The largest absolute Gasteiger partial charge is 0.425 e. The lowest BCUT2D eigenvalue weighted by atomic mass is 9.72. The molecule has 1 atom stereocenters. The number of hydrogen-bond donors (Lipinski definition) is 1. The van der Waals surface area contributed by atoms with Gasteiger partial charge in [0.2, 0.25) is 5.54 Å². The Morgan fingerprint density at radius 3 is 2.26 bits per heavy atom. The third-order valence-electron chi connectivity index (χ3n) is 6.70. The molecule has 0 aromatic heterocycles. The molecule has 0 fully saturated rings. The second kappa shape index (κ2) is 8.66. The minimum Gasteiger partial charge on any atom is -0.326 e. The van der Waals surface area contributed by atoms with Gasteiger partial charge in [-0.25, -0.2) is 0 Å².